The molecule has 2 heterocycles. The van der Waals surface area contributed by atoms with Gasteiger partial charge in [-0.1, -0.05) is 70.2 Å². The van der Waals surface area contributed by atoms with Crippen molar-refractivity contribution in [2.45, 2.75) is 59.4 Å². The van der Waals surface area contributed by atoms with Crippen LogP contribution in [-0.4, -0.2) is 15.5 Å². The van der Waals surface area contributed by atoms with E-state index in [4.69, 9.17) is 0 Å². The highest BCUT2D eigenvalue weighted by atomic mass is 32.1. The van der Waals surface area contributed by atoms with Gasteiger partial charge in [-0.25, -0.2) is 4.98 Å². The largest absolute Gasteiger partial charge is 0.324 e. The zero-order valence-electron chi connectivity index (χ0n) is 20.4. The topological polar surface area (TPSA) is 64.0 Å². The Balaban J connectivity index is 1.70. The predicted octanol–water partition coefficient (Wildman–Crippen LogP) is 6.57. The minimum absolute atomic E-state index is 0.198. The van der Waals surface area contributed by atoms with Gasteiger partial charge < -0.3 is 5.32 Å². The summed E-state index contributed by atoms with van der Waals surface area (Å²) in [6.07, 6.45) is 3.13. The Morgan fingerprint density at radius 2 is 1.68 bits per heavy atom. The number of fused-ring (bicyclic) bond motifs is 1. The lowest BCUT2D eigenvalue weighted by atomic mass is 9.99. The zero-order chi connectivity index (χ0) is 24.4. The van der Waals surface area contributed by atoms with Crippen LogP contribution in [0.2, 0.25) is 0 Å². The van der Waals surface area contributed by atoms with E-state index in [1.54, 1.807) is 6.92 Å². The van der Waals surface area contributed by atoms with E-state index in [0.717, 1.165) is 40.8 Å². The fraction of sp³-hybridized carbons (Fsp3) is 0.321. The van der Waals surface area contributed by atoms with Crippen LogP contribution in [0.4, 0.5) is 5.69 Å². The number of aromatic nitrogens is 2. The van der Waals surface area contributed by atoms with Gasteiger partial charge in [0.1, 0.15) is 10.9 Å². The van der Waals surface area contributed by atoms with E-state index in [-0.39, 0.29) is 11.5 Å². The van der Waals surface area contributed by atoms with Crippen LogP contribution in [-0.2, 0) is 17.6 Å². The summed E-state index contributed by atoms with van der Waals surface area (Å²) in [5.74, 6) is 0.217. The number of para-hydroxylation sites is 1. The third kappa shape index (κ3) is 4.42. The molecule has 2 aromatic carbocycles. The van der Waals surface area contributed by atoms with Crippen molar-refractivity contribution in [3.63, 3.8) is 0 Å². The lowest BCUT2D eigenvalue weighted by Crippen LogP contribution is -2.32. The third-order valence-electron chi connectivity index (χ3n) is 6.45. The number of carbonyl (C=O) groups is 1. The van der Waals surface area contributed by atoms with Crippen LogP contribution in [0.15, 0.2) is 59.0 Å². The third-order valence-corrected chi connectivity index (χ3v) is 7.34. The Labute approximate surface area is 204 Å². The second-order valence-corrected chi connectivity index (χ2v) is 9.74. The first kappa shape index (κ1) is 23.9. The van der Waals surface area contributed by atoms with Gasteiger partial charge in [-0.2, -0.15) is 0 Å². The number of aryl methyl sites for hydroxylation is 2. The molecule has 6 heteroatoms. The second kappa shape index (κ2) is 9.94. The van der Waals surface area contributed by atoms with Crippen LogP contribution < -0.4 is 10.9 Å². The first-order chi connectivity index (χ1) is 16.3. The van der Waals surface area contributed by atoms with Gasteiger partial charge in [0.15, 0.2) is 0 Å². The molecule has 4 rings (SSSR count). The fourth-order valence-corrected chi connectivity index (χ4v) is 5.15. The maximum atomic E-state index is 13.6. The van der Waals surface area contributed by atoms with Gasteiger partial charge in [-0.3, -0.25) is 14.2 Å². The van der Waals surface area contributed by atoms with Gasteiger partial charge in [0.2, 0.25) is 5.91 Å². The van der Waals surface area contributed by atoms with Crippen LogP contribution in [0, 0.1) is 0 Å². The minimum atomic E-state index is -0.699. The van der Waals surface area contributed by atoms with Gasteiger partial charge in [-0.05, 0) is 47.9 Å². The first-order valence-electron chi connectivity index (χ1n) is 11.9. The molecule has 4 aromatic rings. The summed E-state index contributed by atoms with van der Waals surface area (Å²) in [6, 6.07) is 13.7. The smallest absolute Gasteiger partial charge is 0.263 e. The highest BCUT2D eigenvalue weighted by molar-refractivity contribution is 7.17. The molecule has 0 fully saturated rings. The maximum Gasteiger partial charge on any atom is 0.263 e. The van der Waals surface area contributed by atoms with Crippen molar-refractivity contribution in [2.24, 2.45) is 0 Å². The molecular formula is C28H31N3O2S. The van der Waals surface area contributed by atoms with Crippen molar-refractivity contribution in [2.75, 3.05) is 5.32 Å². The van der Waals surface area contributed by atoms with Crippen LogP contribution in [0.25, 0.3) is 21.3 Å². The molecule has 0 aliphatic rings. The molecule has 1 unspecified atom stereocenters. The molecule has 0 spiro atoms. The SMILES string of the molecule is CCc1cccc(CC)c1NC(=O)C(C)n1cnc2scc(-c3ccc(C(C)C)cc3)c2c1=O. The quantitative estimate of drug-likeness (QED) is 0.330. The molecule has 1 N–H and O–H groups in total. The van der Waals surface area contributed by atoms with Gasteiger partial charge >= 0.3 is 0 Å². The molecule has 0 radical (unpaired) electrons. The summed E-state index contributed by atoms with van der Waals surface area (Å²) >= 11 is 1.45. The Bertz CT molecular complexity index is 1360. The molecule has 0 saturated heterocycles. The molecular weight excluding hydrogens is 442 g/mol. The molecule has 0 bridgehead atoms. The average Bonchev–Trinajstić information content (AvgIpc) is 3.29. The maximum absolute atomic E-state index is 13.6. The predicted molar refractivity (Wildman–Crippen MR) is 142 cm³/mol. The van der Waals surface area contributed by atoms with Crippen LogP contribution >= 0.6 is 11.3 Å². The Hall–Kier alpha value is -3.25. The van der Waals surface area contributed by atoms with Crippen molar-refractivity contribution in [1.82, 2.24) is 9.55 Å². The van der Waals surface area contributed by atoms with Crippen LogP contribution in [0.1, 0.15) is 63.3 Å². The summed E-state index contributed by atoms with van der Waals surface area (Å²) in [4.78, 5) is 32.0. The van der Waals surface area contributed by atoms with E-state index in [1.807, 2.05) is 23.6 Å². The Morgan fingerprint density at radius 3 is 2.26 bits per heavy atom. The first-order valence-corrected chi connectivity index (χ1v) is 12.7. The summed E-state index contributed by atoms with van der Waals surface area (Å²) < 4.78 is 1.44. The number of carbonyl (C=O) groups excluding carboxylic acids is 1. The lowest BCUT2D eigenvalue weighted by Gasteiger charge is -2.19. The molecule has 0 saturated carbocycles. The molecule has 1 atom stereocenters. The van der Waals surface area contributed by atoms with Crippen LogP contribution in [0.3, 0.4) is 0 Å². The molecule has 0 aliphatic carbocycles. The number of thiophene rings is 1. The molecule has 1 amide bonds. The van der Waals surface area contributed by atoms with E-state index < -0.39 is 6.04 Å². The van der Waals surface area contributed by atoms with Crippen molar-refractivity contribution in [3.05, 3.63) is 81.2 Å². The van der Waals surface area contributed by atoms with E-state index >= 15 is 0 Å². The number of hydrogen-bond acceptors (Lipinski definition) is 4. The Morgan fingerprint density at radius 1 is 1.03 bits per heavy atom. The lowest BCUT2D eigenvalue weighted by molar-refractivity contribution is -0.118. The number of nitrogens with zero attached hydrogens (tertiary/aromatic N) is 2. The monoisotopic (exact) mass is 473 g/mol. The van der Waals surface area contributed by atoms with E-state index in [0.29, 0.717) is 16.1 Å². The number of amides is 1. The van der Waals surface area contributed by atoms with Crippen molar-refractivity contribution in [3.8, 4) is 11.1 Å². The number of anilines is 1. The van der Waals surface area contributed by atoms with E-state index in [9.17, 15) is 9.59 Å². The van der Waals surface area contributed by atoms with Crippen molar-refractivity contribution < 1.29 is 4.79 Å². The summed E-state index contributed by atoms with van der Waals surface area (Å²) in [7, 11) is 0. The zero-order valence-corrected chi connectivity index (χ0v) is 21.2. The number of rotatable bonds is 7. The average molecular weight is 474 g/mol. The van der Waals surface area contributed by atoms with Crippen molar-refractivity contribution in [1.29, 1.82) is 0 Å². The summed E-state index contributed by atoms with van der Waals surface area (Å²) in [5.41, 5.74) is 5.93. The van der Waals surface area contributed by atoms with E-state index in [1.165, 1.54) is 27.8 Å². The van der Waals surface area contributed by atoms with Crippen LogP contribution in [0.5, 0.6) is 0 Å². The normalized spacial score (nSPS) is 12.3. The summed E-state index contributed by atoms with van der Waals surface area (Å²) in [5, 5.41) is 5.63. The molecule has 5 nitrogen and oxygen atoms in total. The second-order valence-electron chi connectivity index (χ2n) is 8.89. The van der Waals surface area contributed by atoms with Crippen molar-refractivity contribution >= 4 is 33.1 Å². The molecule has 0 aliphatic heterocycles. The number of nitrogens with one attached hydrogen (secondary N) is 1. The highest BCUT2D eigenvalue weighted by Crippen LogP contribution is 2.32. The fourth-order valence-electron chi connectivity index (χ4n) is 4.24. The van der Waals surface area contributed by atoms with Gasteiger partial charge in [0.05, 0.1) is 11.7 Å². The van der Waals surface area contributed by atoms with E-state index in [2.05, 4.69) is 62.3 Å². The molecule has 34 heavy (non-hydrogen) atoms. The Kier molecular flexibility index (Phi) is 6.98. The molecule has 176 valence electrons. The van der Waals surface area contributed by atoms with Gasteiger partial charge in [-0.15, -0.1) is 11.3 Å². The van der Waals surface area contributed by atoms with Gasteiger partial charge in [0, 0.05) is 16.6 Å². The standard InChI is InChI=1S/C28H31N3O2S/c1-6-19-9-8-10-20(7-2)25(19)30-26(32)18(5)31-16-29-27-24(28(31)33)23(15-34-27)22-13-11-21(12-14-22)17(3)4/h8-18H,6-7H2,1-5H3,(H,30,32). The van der Waals surface area contributed by atoms with Gasteiger partial charge in [0.25, 0.3) is 5.56 Å². The highest BCUT2D eigenvalue weighted by Gasteiger charge is 2.22. The number of benzene rings is 2. The summed E-state index contributed by atoms with van der Waals surface area (Å²) in [6.45, 7) is 10.2. The minimum Gasteiger partial charge on any atom is -0.324 e. The molecule has 2 aromatic heterocycles. The number of hydrogen-bond donors (Lipinski definition) is 1.